The van der Waals surface area contributed by atoms with Crippen molar-refractivity contribution in [1.82, 2.24) is 14.8 Å². The SMILES string of the molecule is Cc1ccc(NC(=O)C(C)Sc2nnc(N3CCCC3)n2C2CC2)c(C)c1. The molecular formula is C20H27N5OS. The van der Waals surface area contributed by atoms with Crippen LogP contribution in [0.1, 0.15) is 49.8 Å². The summed E-state index contributed by atoms with van der Waals surface area (Å²) >= 11 is 1.51. The maximum Gasteiger partial charge on any atom is 0.237 e. The molecule has 1 N–H and O–H groups in total. The van der Waals surface area contributed by atoms with Crippen LogP contribution in [0.2, 0.25) is 0 Å². The van der Waals surface area contributed by atoms with Crippen molar-refractivity contribution in [3.05, 3.63) is 29.3 Å². The molecule has 1 aliphatic carbocycles. The van der Waals surface area contributed by atoms with Crippen molar-refractivity contribution < 1.29 is 4.79 Å². The van der Waals surface area contributed by atoms with Crippen LogP contribution in [0.3, 0.4) is 0 Å². The lowest BCUT2D eigenvalue weighted by Gasteiger charge is -2.19. The summed E-state index contributed by atoms with van der Waals surface area (Å²) in [5.41, 5.74) is 3.15. The quantitative estimate of drug-likeness (QED) is 0.763. The first kappa shape index (κ1) is 18.3. The number of carbonyl (C=O) groups is 1. The molecule has 144 valence electrons. The van der Waals surface area contributed by atoms with Crippen molar-refractivity contribution in [2.24, 2.45) is 0 Å². The highest BCUT2D eigenvalue weighted by atomic mass is 32.2. The number of carbonyl (C=O) groups excluding carboxylic acids is 1. The fourth-order valence-corrected chi connectivity index (χ4v) is 4.45. The fourth-order valence-electron chi connectivity index (χ4n) is 3.53. The van der Waals surface area contributed by atoms with Gasteiger partial charge in [0.05, 0.1) is 5.25 Å². The van der Waals surface area contributed by atoms with Crippen molar-refractivity contribution >= 4 is 29.3 Å². The number of aryl methyl sites for hydroxylation is 2. The number of aromatic nitrogens is 3. The molecule has 1 aromatic carbocycles. The minimum absolute atomic E-state index is 0.0000208. The van der Waals surface area contributed by atoms with Gasteiger partial charge < -0.3 is 10.2 Å². The predicted molar refractivity (Wildman–Crippen MR) is 110 cm³/mol. The van der Waals surface area contributed by atoms with E-state index in [0.717, 1.165) is 35.4 Å². The van der Waals surface area contributed by atoms with Gasteiger partial charge in [0, 0.05) is 24.8 Å². The number of amides is 1. The summed E-state index contributed by atoms with van der Waals surface area (Å²) in [6.07, 6.45) is 4.79. The molecular weight excluding hydrogens is 358 g/mol. The highest BCUT2D eigenvalue weighted by Crippen LogP contribution is 2.42. The summed E-state index contributed by atoms with van der Waals surface area (Å²) in [6.45, 7) is 8.12. The lowest BCUT2D eigenvalue weighted by atomic mass is 10.1. The van der Waals surface area contributed by atoms with Crippen LogP contribution in [0.4, 0.5) is 11.6 Å². The molecule has 2 fully saturated rings. The number of nitrogens with zero attached hydrogens (tertiary/aromatic N) is 4. The van der Waals surface area contributed by atoms with E-state index in [-0.39, 0.29) is 11.2 Å². The maximum absolute atomic E-state index is 12.7. The molecule has 1 saturated heterocycles. The molecule has 6 nitrogen and oxygen atoms in total. The Morgan fingerprint density at radius 3 is 2.63 bits per heavy atom. The molecule has 1 atom stereocenters. The molecule has 1 saturated carbocycles. The van der Waals surface area contributed by atoms with Gasteiger partial charge in [0.15, 0.2) is 5.16 Å². The topological polar surface area (TPSA) is 63.1 Å². The zero-order chi connectivity index (χ0) is 19.0. The Bertz CT molecular complexity index is 839. The molecule has 1 aromatic heterocycles. The molecule has 0 bridgehead atoms. The van der Waals surface area contributed by atoms with E-state index in [1.54, 1.807) is 0 Å². The fraction of sp³-hybridized carbons (Fsp3) is 0.550. The standard InChI is InChI=1S/C20H27N5OS/c1-13-6-9-17(14(2)12-13)21-18(26)15(3)27-20-23-22-19(24-10-4-5-11-24)25(20)16-7-8-16/h6,9,12,15-16H,4-5,7-8,10-11H2,1-3H3,(H,21,26). The van der Waals surface area contributed by atoms with E-state index >= 15 is 0 Å². The van der Waals surface area contributed by atoms with Crippen LogP contribution in [0.15, 0.2) is 23.4 Å². The molecule has 1 unspecified atom stereocenters. The number of rotatable bonds is 6. The third kappa shape index (κ3) is 3.98. The van der Waals surface area contributed by atoms with Gasteiger partial charge in [-0.1, -0.05) is 29.5 Å². The van der Waals surface area contributed by atoms with Gasteiger partial charge in [0.25, 0.3) is 0 Å². The van der Waals surface area contributed by atoms with E-state index in [2.05, 4.69) is 38.0 Å². The Balaban J connectivity index is 1.47. The summed E-state index contributed by atoms with van der Waals surface area (Å²) in [5, 5.41) is 12.6. The van der Waals surface area contributed by atoms with Gasteiger partial charge in [-0.25, -0.2) is 0 Å². The average Bonchev–Trinajstić information content (AvgIpc) is 3.16. The monoisotopic (exact) mass is 385 g/mol. The predicted octanol–water partition coefficient (Wildman–Crippen LogP) is 3.95. The lowest BCUT2D eigenvalue weighted by molar-refractivity contribution is -0.115. The number of anilines is 2. The Kier molecular flexibility index (Phi) is 5.12. The van der Waals surface area contributed by atoms with Crippen molar-refractivity contribution in [3.63, 3.8) is 0 Å². The van der Waals surface area contributed by atoms with Crippen molar-refractivity contribution in [1.29, 1.82) is 0 Å². The normalized spacial score (nSPS) is 18.0. The van der Waals surface area contributed by atoms with Crippen molar-refractivity contribution in [2.75, 3.05) is 23.3 Å². The molecule has 27 heavy (non-hydrogen) atoms. The number of hydrogen-bond acceptors (Lipinski definition) is 5. The lowest BCUT2D eigenvalue weighted by Crippen LogP contribution is -2.24. The minimum Gasteiger partial charge on any atom is -0.341 e. The molecule has 7 heteroatoms. The van der Waals surface area contributed by atoms with Crippen LogP contribution in [-0.4, -0.2) is 39.0 Å². The number of benzene rings is 1. The summed E-state index contributed by atoms with van der Waals surface area (Å²) in [6, 6.07) is 6.57. The van der Waals surface area contributed by atoms with Gasteiger partial charge >= 0.3 is 0 Å². The summed E-state index contributed by atoms with van der Waals surface area (Å²) < 4.78 is 2.26. The van der Waals surface area contributed by atoms with E-state index in [4.69, 9.17) is 0 Å². The molecule has 2 heterocycles. The first-order valence-electron chi connectivity index (χ1n) is 9.77. The molecule has 1 aliphatic heterocycles. The second-order valence-electron chi connectivity index (χ2n) is 7.65. The van der Waals surface area contributed by atoms with Crippen molar-refractivity contribution in [3.8, 4) is 0 Å². The summed E-state index contributed by atoms with van der Waals surface area (Å²) in [5.74, 6) is 0.986. The van der Waals surface area contributed by atoms with Gasteiger partial charge in [0.2, 0.25) is 11.9 Å². The molecule has 1 amide bonds. The zero-order valence-corrected chi connectivity index (χ0v) is 17.1. The van der Waals surface area contributed by atoms with E-state index in [1.807, 2.05) is 26.0 Å². The Morgan fingerprint density at radius 1 is 1.22 bits per heavy atom. The average molecular weight is 386 g/mol. The van der Waals surface area contributed by atoms with E-state index < -0.39 is 0 Å². The second-order valence-corrected chi connectivity index (χ2v) is 8.95. The van der Waals surface area contributed by atoms with Crippen LogP contribution < -0.4 is 10.2 Å². The third-order valence-electron chi connectivity index (χ3n) is 5.24. The van der Waals surface area contributed by atoms with Gasteiger partial charge in [-0.3, -0.25) is 9.36 Å². The van der Waals surface area contributed by atoms with Gasteiger partial charge in [0.1, 0.15) is 0 Å². The van der Waals surface area contributed by atoms with Gasteiger partial charge in [-0.05, 0) is 58.1 Å². The third-order valence-corrected chi connectivity index (χ3v) is 6.30. The largest absolute Gasteiger partial charge is 0.341 e. The molecule has 2 aliphatic rings. The maximum atomic E-state index is 12.7. The number of nitrogens with one attached hydrogen (secondary N) is 1. The smallest absolute Gasteiger partial charge is 0.237 e. The van der Waals surface area contributed by atoms with E-state index in [1.165, 1.54) is 43.0 Å². The molecule has 2 aromatic rings. The first-order chi connectivity index (χ1) is 13.0. The molecule has 0 radical (unpaired) electrons. The van der Waals surface area contributed by atoms with Crippen LogP contribution in [0, 0.1) is 13.8 Å². The first-order valence-corrected chi connectivity index (χ1v) is 10.7. The van der Waals surface area contributed by atoms with Crippen molar-refractivity contribution in [2.45, 2.75) is 62.9 Å². The van der Waals surface area contributed by atoms with E-state index in [0.29, 0.717) is 6.04 Å². The molecule has 4 rings (SSSR count). The van der Waals surface area contributed by atoms with Gasteiger partial charge in [-0.15, -0.1) is 10.2 Å². The Hall–Kier alpha value is -2.02. The number of hydrogen-bond donors (Lipinski definition) is 1. The van der Waals surface area contributed by atoms with E-state index in [9.17, 15) is 4.79 Å². The van der Waals surface area contributed by atoms with Gasteiger partial charge in [-0.2, -0.15) is 0 Å². The Labute approximate surface area is 164 Å². The summed E-state index contributed by atoms with van der Waals surface area (Å²) in [7, 11) is 0. The second kappa shape index (κ2) is 7.54. The summed E-state index contributed by atoms with van der Waals surface area (Å²) in [4.78, 5) is 15.0. The molecule has 0 spiro atoms. The van der Waals surface area contributed by atoms with Crippen LogP contribution in [0.5, 0.6) is 0 Å². The van der Waals surface area contributed by atoms with Crippen LogP contribution in [-0.2, 0) is 4.79 Å². The van der Waals surface area contributed by atoms with Crippen LogP contribution >= 0.6 is 11.8 Å². The Morgan fingerprint density at radius 2 is 1.96 bits per heavy atom. The number of thioether (sulfide) groups is 1. The van der Waals surface area contributed by atoms with Crippen LogP contribution in [0.25, 0.3) is 0 Å². The highest BCUT2D eigenvalue weighted by Gasteiger charge is 2.33. The highest BCUT2D eigenvalue weighted by molar-refractivity contribution is 8.00. The zero-order valence-electron chi connectivity index (χ0n) is 16.2. The minimum atomic E-state index is -0.237.